The molecule has 4 heteroatoms. The van der Waals surface area contributed by atoms with Crippen LogP contribution in [0.5, 0.6) is 0 Å². The van der Waals surface area contributed by atoms with Crippen LogP contribution in [0.2, 0.25) is 0 Å². The lowest BCUT2D eigenvalue weighted by molar-refractivity contribution is 0.0890. The van der Waals surface area contributed by atoms with Crippen LogP contribution in [-0.2, 0) is 4.74 Å². The molecule has 1 fully saturated rings. The van der Waals surface area contributed by atoms with Gasteiger partial charge in [-0.05, 0) is 19.3 Å². The van der Waals surface area contributed by atoms with E-state index in [0.29, 0.717) is 0 Å². The quantitative estimate of drug-likeness (QED) is 0.470. The average molecular weight is 269 g/mol. The molecule has 2 atom stereocenters. The van der Waals surface area contributed by atoms with Crippen molar-refractivity contribution in [3.05, 3.63) is 0 Å². The Kier molecular flexibility index (Phi) is 3.58. The molecule has 64 valence electrons. The summed E-state index contributed by atoms with van der Waals surface area (Å²) in [5, 5.41) is 2.87. The zero-order valence-corrected chi connectivity index (χ0v) is 8.63. The lowest BCUT2D eigenvalue weighted by Gasteiger charge is -2.17. The third kappa shape index (κ3) is 2.59. The molecule has 0 aromatic rings. The minimum absolute atomic E-state index is 0.0107. The summed E-state index contributed by atoms with van der Waals surface area (Å²) in [6.45, 7) is 0. The monoisotopic (exact) mass is 269 g/mol. The van der Waals surface area contributed by atoms with E-state index in [2.05, 4.69) is 5.32 Å². The van der Waals surface area contributed by atoms with E-state index in [0.717, 1.165) is 19.3 Å². The summed E-state index contributed by atoms with van der Waals surface area (Å²) >= 11 is 1.75. The third-order valence-electron chi connectivity index (χ3n) is 2.05. The highest BCUT2D eigenvalue weighted by atomic mass is 127. The number of rotatable bonds is 2. The van der Waals surface area contributed by atoms with Gasteiger partial charge in [0.2, 0.25) is 0 Å². The van der Waals surface area contributed by atoms with E-state index >= 15 is 0 Å². The molecule has 0 aliphatic heterocycles. The Balaban J connectivity index is 2.37. The Labute approximate surface area is 80.0 Å². The molecule has 0 spiro atoms. The largest absolute Gasteiger partial charge is 0.379 e. The molecule has 0 bridgehead atoms. The first-order chi connectivity index (χ1) is 5.24. The summed E-state index contributed by atoms with van der Waals surface area (Å²) in [7, 11) is 1.70. The van der Waals surface area contributed by atoms with Gasteiger partial charge in [0.15, 0.2) is 0 Å². The second-order valence-corrected chi connectivity index (χ2v) is 3.71. The van der Waals surface area contributed by atoms with E-state index in [1.54, 1.807) is 29.7 Å². The molecule has 1 aliphatic carbocycles. The van der Waals surface area contributed by atoms with Gasteiger partial charge < -0.3 is 10.1 Å². The van der Waals surface area contributed by atoms with Crippen LogP contribution in [0.25, 0.3) is 0 Å². The van der Waals surface area contributed by atoms with Crippen molar-refractivity contribution >= 4 is 26.5 Å². The molecule has 2 unspecified atom stereocenters. The van der Waals surface area contributed by atoms with Crippen LogP contribution in [0.15, 0.2) is 0 Å². The molecule has 1 amide bonds. The van der Waals surface area contributed by atoms with Crippen LogP contribution >= 0.6 is 22.6 Å². The number of hydrogen-bond acceptors (Lipinski definition) is 2. The normalized spacial score (nSPS) is 30.4. The smallest absolute Gasteiger partial charge is 0.280 e. The summed E-state index contributed by atoms with van der Waals surface area (Å²) in [5.41, 5.74) is 0. The molecule has 1 N–H and O–H groups in total. The van der Waals surface area contributed by atoms with Gasteiger partial charge >= 0.3 is 0 Å². The number of methoxy groups -OCH3 is 1. The molecule has 0 saturated heterocycles. The molecule has 1 aliphatic rings. The van der Waals surface area contributed by atoms with Gasteiger partial charge in [0.05, 0.1) is 12.1 Å². The predicted molar refractivity (Wildman–Crippen MR) is 51.0 cm³/mol. The van der Waals surface area contributed by atoms with E-state index in [-0.39, 0.29) is 16.1 Å². The summed E-state index contributed by atoms with van der Waals surface area (Å²) in [6, 6.07) is 0.240. The summed E-state index contributed by atoms with van der Waals surface area (Å²) in [6.07, 6.45) is 3.50. The summed E-state index contributed by atoms with van der Waals surface area (Å²) < 4.78 is 5.22. The van der Waals surface area contributed by atoms with Gasteiger partial charge in [-0.2, -0.15) is 0 Å². The van der Waals surface area contributed by atoms with Crippen molar-refractivity contribution in [3.8, 4) is 0 Å². The number of nitrogens with one attached hydrogen (secondary N) is 1. The van der Waals surface area contributed by atoms with Crippen LogP contribution in [0.4, 0.5) is 4.79 Å². The highest BCUT2D eigenvalue weighted by molar-refractivity contribution is 14.1. The maximum atomic E-state index is 10.7. The van der Waals surface area contributed by atoms with Crippen molar-refractivity contribution in [2.75, 3.05) is 7.11 Å². The number of ether oxygens (including phenoxy) is 1. The van der Waals surface area contributed by atoms with E-state index in [9.17, 15) is 4.79 Å². The molecule has 11 heavy (non-hydrogen) atoms. The Morgan fingerprint density at radius 3 is 2.91 bits per heavy atom. The molecular weight excluding hydrogens is 257 g/mol. The van der Waals surface area contributed by atoms with Gasteiger partial charge in [-0.3, -0.25) is 4.79 Å². The van der Waals surface area contributed by atoms with Gasteiger partial charge in [-0.25, -0.2) is 0 Å². The maximum Gasteiger partial charge on any atom is 0.280 e. The number of carbonyl (C=O) groups is 1. The highest BCUT2D eigenvalue weighted by Crippen LogP contribution is 2.21. The van der Waals surface area contributed by atoms with E-state index in [1.165, 1.54) is 0 Å². The van der Waals surface area contributed by atoms with Crippen molar-refractivity contribution in [1.29, 1.82) is 0 Å². The van der Waals surface area contributed by atoms with Crippen LogP contribution < -0.4 is 5.32 Å². The van der Waals surface area contributed by atoms with Crippen LogP contribution in [0.3, 0.4) is 0 Å². The lowest BCUT2D eigenvalue weighted by atomic mass is 10.2. The van der Waals surface area contributed by atoms with Gasteiger partial charge in [-0.1, -0.05) is 0 Å². The Hall–Kier alpha value is 0.160. The van der Waals surface area contributed by atoms with Crippen molar-refractivity contribution in [3.63, 3.8) is 0 Å². The molecule has 1 saturated carbocycles. The van der Waals surface area contributed by atoms with E-state index < -0.39 is 0 Å². The molecule has 0 radical (unpaired) electrons. The minimum atomic E-state index is 0.0107. The third-order valence-corrected chi connectivity index (χ3v) is 2.37. The van der Waals surface area contributed by atoms with Crippen LogP contribution in [0.1, 0.15) is 19.3 Å². The molecule has 3 nitrogen and oxygen atoms in total. The summed E-state index contributed by atoms with van der Waals surface area (Å²) in [5.74, 6) is 0. The van der Waals surface area contributed by atoms with Gasteiger partial charge in [0.1, 0.15) is 0 Å². The van der Waals surface area contributed by atoms with Crippen molar-refractivity contribution < 1.29 is 9.53 Å². The van der Waals surface area contributed by atoms with Crippen LogP contribution in [-0.4, -0.2) is 23.2 Å². The zero-order valence-electron chi connectivity index (χ0n) is 6.47. The second kappa shape index (κ2) is 4.25. The first-order valence-electron chi connectivity index (χ1n) is 3.73. The molecule has 0 aromatic heterocycles. The Morgan fingerprint density at radius 1 is 1.64 bits per heavy atom. The SMILES string of the molecule is COC1CCCC1NC(=O)I. The Morgan fingerprint density at radius 2 is 2.36 bits per heavy atom. The minimum Gasteiger partial charge on any atom is -0.379 e. The topological polar surface area (TPSA) is 38.3 Å². The number of amides is 1. The fourth-order valence-corrected chi connectivity index (χ4v) is 1.92. The number of halogens is 1. The molecule has 0 aromatic carbocycles. The molecule has 0 heterocycles. The van der Waals surface area contributed by atoms with Crippen molar-refractivity contribution in [1.82, 2.24) is 5.32 Å². The van der Waals surface area contributed by atoms with Gasteiger partial charge in [0.25, 0.3) is 3.91 Å². The molecular formula is C7H12INO2. The fourth-order valence-electron chi connectivity index (χ4n) is 1.52. The van der Waals surface area contributed by atoms with Gasteiger partial charge in [0, 0.05) is 29.7 Å². The van der Waals surface area contributed by atoms with Crippen molar-refractivity contribution in [2.24, 2.45) is 0 Å². The number of carbonyl (C=O) groups excluding carboxylic acids is 1. The Bertz CT molecular complexity index is 151. The maximum absolute atomic E-state index is 10.7. The first kappa shape index (κ1) is 9.25. The first-order valence-corrected chi connectivity index (χ1v) is 4.80. The average Bonchev–Trinajstić information content (AvgIpc) is 2.34. The number of hydrogen-bond donors (Lipinski definition) is 1. The fraction of sp³-hybridized carbons (Fsp3) is 0.857. The van der Waals surface area contributed by atoms with E-state index in [4.69, 9.17) is 4.74 Å². The van der Waals surface area contributed by atoms with Crippen molar-refractivity contribution in [2.45, 2.75) is 31.4 Å². The lowest BCUT2D eigenvalue weighted by Crippen LogP contribution is -2.37. The predicted octanol–water partition coefficient (Wildman–Crippen LogP) is 1.70. The standard InChI is InChI=1S/C7H12INO2/c1-11-6-4-2-3-5(6)9-7(8)10/h5-6H,2-4H2,1H3,(H,9,10). The second-order valence-electron chi connectivity index (χ2n) is 2.73. The zero-order chi connectivity index (χ0) is 8.27. The molecule has 1 rings (SSSR count). The van der Waals surface area contributed by atoms with E-state index in [1.807, 2.05) is 0 Å². The highest BCUT2D eigenvalue weighted by Gasteiger charge is 2.27. The van der Waals surface area contributed by atoms with Gasteiger partial charge in [-0.15, -0.1) is 0 Å². The van der Waals surface area contributed by atoms with Crippen LogP contribution in [0, 0.1) is 0 Å². The summed E-state index contributed by atoms with van der Waals surface area (Å²) in [4.78, 5) is 10.7.